The monoisotopic (exact) mass is 970 g/mol. The number of hydrogen-bond acceptors (Lipinski definition) is 3. The van der Waals surface area contributed by atoms with Crippen LogP contribution in [0.15, 0.2) is 24.3 Å². The van der Waals surface area contributed by atoms with Crippen molar-refractivity contribution in [2.24, 2.45) is 0 Å². The van der Waals surface area contributed by atoms with Crippen molar-refractivity contribution in [2.45, 2.75) is 379 Å². The Bertz CT molecular complexity index is 1010. The number of nitrogens with one attached hydrogen (secondary N) is 1. The largest absolute Gasteiger partial charge is 0.394 e. The first-order chi connectivity index (χ1) is 34.2. The van der Waals surface area contributed by atoms with Gasteiger partial charge >= 0.3 is 0 Å². The van der Waals surface area contributed by atoms with Crippen LogP contribution in [0, 0.1) is 0 Å². The minimum Gasteiger partial charge on any atom is -0.394 e. The Balaban J connectivity index is 3.40. The lowest BCUT2D eigenvalue weighted by Gasteiger charge is -2.22. The van der Waals surface area contributed by atoms with E-state index in [1.165, 1.54) is 308 Å². The van der Waals surface area contributed by atoms with Crippen molar-refractivity contribution >= 4 is 5.91 Å². The molecule has 0 bridgehead atoms. The summed E-state index contributed by atoms with van der Waals surface area (Å²) in [4.78, 5) is 12.5. The fourth-order valence-electron chi connectivity index (χ4n) is 10.3. The van der Waals surface area contributed by atoms with E-state index in [1.54, 1.807) is 0 Å². The van der Waals surface area contributed by atoms with Gasteiger partial charge in [0, 0.05) is 6.42 Å². The summed E-state index contributed by atoms with van der Waals surface area (Å²) in [6.45, 7) is 4.39. The Labute approximate surface area is 434 Å². The Morgan fingerprint density at radius 3 is 0.870 bits per heavy atom. The highest BCUT2D eigenvalue weighted by Crippen LogP contribution is 2.19. The summed E-state index contributed by atoms with van der Waals surface area (Å²) in [5.74, 6) is -0.0258. The molecule has 0 radical (unpaired) electrons. The Hall–Kier alpha value is -1.13. The van der Waals surface area contributed by atoms with E-state index in [4.69, 9.17) is 0 Å². The highest BCUT2D eigenvalue weighted by Gasteiger charge is 2.20. The maximum absolute atomic E-state index is 12.5. The molecule has 4 nitrogen and oxygen atoms in total. The average molecular weight is 971 g/mol. The van der Waals surface area contributed by atoms with Gasteiger partial charge in [-0.2, -0.15) is 0 Å². The standard InChI is InChI=1S/C65H127NO3/c1-3-5-7-9-11-13-15-17-19-21-23-25-27-29-30-31-32-33-34-35-37-38-40-42-44-46-48-50-52-54-56-58-60-64(68)63(62-67)66-65(69)61-59-57-55-53-51-49-47-45-43-41-39-36-28-26-24-22-20-18-16-14-12-10-8-6-4-2/h16,18,22,24,63-64,67-68H,3-15,17,19-21,23,25-62H2,1-2H3,(H,66,69)/b18-16-,24-22-. The van der Waals surface area contributed by atoms with E-state index in [1.807, 2.05) is 0 Å². The zero-order chi connectivity index (χ0) is 49.9. The fraction of sp³-hybridized carbons (Fsp3) is 0.923. The van der Waals surface area contributed by atoms with Gasteiger partial charge in [0.15, 0.2) is 0 Å². The number of rotatable bonds is 60. The number of amides is 1. The van der Waals surface area contributed by atoms with Gasteiger partial charge in [-0.05, 0) is 44.9 Å². The van der Waals surface area contributed by atoms with Crippen molar-refractivity contribution in [1.82, 2.24) is 5.32 Å². The second-order valence-electron chi connectivity index (χ2n) is 22.2. The van der Waals surface area contributed by atoms with Crippen LogP contribution in [0.1, 0.15) is 367 Å². The first kappa shape index (κ1) is 67.9. The van der Waals surface area contributed by atoms with E-state index >= 15 is 0 Å². The summed E-state index contributed by atoms with van der Waals surface area (Å²) >= 11 is 0. The predicted molar refractivity (Wildman–Crippen MR) is 309 cm³/mol. The van der Waals surface area contributed by atoms with Crippen LogP contribution in [0.5, 0.6) is 0 Å². The molecule has 2 unspecified atom stereocenters. The van der Waals surface area contributed by atoms with Crippen molar-refractivity contribution in [1.29, 1.82) is 0 Å². The summed E-state index contributed by atoms with van der Waals surface area (Å²) in [6, 6.07) is -0.537. The van der Waals surface area contributed by atoms with Crippen molar-refractivity contribution in [2.75, 3.05) is 6.61 Å². The van der Waals surface area contributed by atoms with Crippen LogP contribution in [-0.2, 0) is 4.79 Å². The van der Waals surface area contributed by atoms with Gasteiger partial charge < -0.3 is 15.5 Å². The molecule has 4 heteroatoms. The van der Waals surface area contributed by atoms with Crippen LogP contribution in [-0.4, -0.2) is 34.9 Å². The maximum atomic E-state index is 12.5. The second kappa shape index (κ2) is 61.2. The molecule has 69 heavy (non-hydrogen) atoms. The van der Waals surface area contributed by atoms with Crippen molar-refractivity contribution in [3.63, 3.8) is 0 Å². The molecule has 0 fully saturated rings. The molecule has 0 aromatic rings. The first-order valence-electron chi connectivity index (χ1n) is 32.0. The third-order valence-electron chi connectivity index (χ3n) is 15.2. The molecule has 0 rings (SSSR count). The van der Waals surface area contributed by atoms with Gasteiger partial charge in [-0.1, -0.05) is 340 Å². The number of aliphatic hydroxyl groups excluding tert-OH is 2. The average Bonchev–Trinajstić information content (AvgIpc) is 3.35. The summed E-state index contributed by atoms with van der Waals surface area (Å²) in [5.41, 5.74) is 0. The van der Waals surface area contributed by atoms with E-state index in [0.29, 0.717) is 12.8 Å². The molecule has 0 aliphatic rings. The zero-order valence-corrected chi connectivity index (χ0v) is 47.4. The lowest BCUT2D eigenvalue weighted by molar-refractivity contribution is -0.123. The summed E-state index contributed by atoms with van der Waals surface area (Å²) in [7, 11) is 0. The zero-order valence-electron chi connectivity index (χ0n) is 47.4. The molecule has 0 aliphatic carbocycles. The fourth-order valence-corrected chi connectivity index (χ4v) is 10.3. The minimum atomic E-state index is -0.660. The van der Waals surface area contributed by atoms with Crippen LogP contribution in [0.25, 0.3) is 0 Å². The van der Waals surface area contributed by atoms with E-state index < -0.39 is 12.1 Å². The quantitative estimate of drug-likeness (QED) is 0.0420. The SMILES string of the molecule is CCCCCCC/C=C\C/C=C\CCCCCCCCCCCCCCCC(=O)NC(CO)C(O)CCCCCCCCCCCCCCCCCCCCCCCCCCCCCCCCCC. The normalized spacial score (nSPS) is 12.8. The maximum Gasteiger partial charge on any atom is 0.220 e. The van der Waals surface area contributed by atoms with Gasteiger partial charge in [-0.15, -0.1) is 0 Å². The molecular weight excluding hydrogens is 843 g/mol. The Morgan fingerprint density at radius 2 is 0.594 bits per heavy atom. The minimum absolute atomic E-state index is 0.0258. The number of allylic oxidation sites excluding steroid dienone is 4. The smallest absolute Gasteiger partial charge is 0.220 e. The molecule has 1 amide bonds. The Morgan fingerprint density at radius 1 is 0.348 bits per heavy atom. The molecule has 2 atom stereocenters. The molecular formula is C65H127NO3. The molecule has 0 saturated carbocycles. The summed E-state index contributed by atoms with van der Waals surface area (Å²) in [6.07, 6.45) is 82.1. The number of carbonyl (C=O) groups excluding carboxylic acids is 1. The third-order valence-corrected chi connectivity index (χ3v) is 15.2. The van der Waals surface area contributed by atoms with Gasteiger partial charge in [0.05, 0.1) is 18.8 Å². The highest BCUT2D eigenvalue weighted by molar-refractivity contribution is 5.76. The van der Waals surface area contributed by atoms with Crippen LogP contribution in [0.4, 0.5) is 0 Å². The number of unbranched alkanes of at least 4 members (excludes halogenated alkanes) is 49. The van der Waals surface area contributed by atoms with Crippen LogP contribution < -0.4 is 5.32 Å². The molecule has 0 saturated heterocycles. The molecule has 0 aliphatic heterocycles. The summed E-state index contributed by atoms with van der Waals surface area (Å²) < 4.78 is 0. The molecule has 0 spiro atoms. The third kappa shape index (κ3) is 57.6. The molecule has 410 valence electrons. The van der Waals surface area contributed by atoms with Crippen LogP contribution >= 0.6 is 0 Å². The Kier molecular flexibility index (Phi) is 60.2. The number of aliphatic hydroxyl groups is 2. The van der Waals surface area contributed by atoms with Gasteiger partial charge in [0.25, 0.3) is 0 Å². The van der Waals surface area contributed by atoms with Gasteiger partial charge in [-0.25, -0.2) is 0 Å². The lowest BCUT2D eigenvalue weighted by atomic mass is 10.0. The van der Waals surface area contributed by atoms with Crippen LogP contribution in [0.3, 0.4) is 0 Å². The molecule has 0 aromatic carbocycles. The first-order valence-corrected chi connectivity index (χ1v) is 32.0. The molecule has 0 heterocycles. The summed E-state index contributed by atoms with van der Waals surface area (Å²) in [5, 5.41) is 23.4. The van der Waals surface area contributed by atoms with E-state index in [9.17, 15) is 15.0 Å². The van der Waals surface area contributed by atoms with E-state index in [-0.39, 0.29) is 12.5 Å². The van der Waals surface area contributed by atoms with Crippen molar-refractivity contribution < 1.29 is 15.0 Å². The van der Waals surface area contributed by atoms with E-state index in [0.717, 1.165) is 32.1 Å². The lowest BCUT2D eigenvalue weighted by Crippen LogP contribution is -2.45. The number of carbonyl (C=O) groups is 1. The van der Waals surface area contributed by atoms with E-state index in [2.05, 4.69) is 43.5 Å². The topological polar surface area (TPSA) is 69.6 Å². The van der Waals surface area contributed by atoms with Crippen molar-refractivity contribution in [3.8, 4) is 0 Å². The van der Waals surface area contributed by atoms with Crippen molar-refractivity contribution in [3.05, 3.63) is 24.3 Å². The predicted octanol–water partition coefficient (Wildman–Crippen LogP) is 21.4. The molecule has 3 N–H and O–H groups in total. The van der Waals surface area contributed by atoms with Gasteiger partial charge in [-0.3, -0.25) is 4.79 Å². The van der Waals surface area contributed by atoms with Gasteiger partial charge in [0.1, 0.15) is 0 Å². The molecule has 0 aromatic heterocycles. The second-order valence-corrected chi connectivity index (χ2v) is 22.2. The van der Waals surface area contributed by atoms with Gasteiger partial charge in [0.2, 0.25) is 5.91 Å². The van der Waals surface area contributed by atoms with Crippen LogP contribution in [0.2, 0.25) is 0 Å². The number of hydrogen-bond donors (Lipinski definition) is 3. The highest BCUT2D eigenvalue weighted by atomic mass is 16.3.